The number of rotatable bonds is 4. The maximum Gasteiger partial charge on any atom is 0.416 e. The SMILES string of the molecule is Cc1c(C)c(Oc2ccc(C(F)(F)F)cc2Cl)c(C)c(C)c1NC(=O)NC(=O)c1c(F)cccc1F. The molecule has 36 heavy (non-hydrogen) atoms. The molecule has 0 saturated carbocycles. The lowest BCUT2D eigenvalue weighted by Gasteiger charge is -2.21. The summed E-state index contributed by atoms with van der Waals surface area (Å²) in [7, 11) is 0. The van der Waals surface area contributed by atoms with E-state index in [0.29, 0.717) is 33.7 Å². The van der Waals surface area contributed by atoms with Gasteiger partial charge in [-0.25, -0.2) is 13.6 Å². The summed E-state index contributed by atoms with van der Waals surface area (Å²) in [4.78, 5) is 24.7. The van der Waals surface area contributed by atoms with E-state index in [2.05, 4.69) is 5.32 Å². The van der Waals surface area contributed by atoms with E-state index < -0.39 is 40.9 Å². The minimum atomic E-state index is -4.56. The van der Waals surface area contributed by atoms with Crippen LogP contribution < -0.4 is 15.4 Å². The summed E-state index contributed by atoms with van der Waals surface area (Å²) in [6.07, 6.45) is -4.56. The summed E-state index contributed by atoms with van der Waals surface area (Å²) in [6.45, 7) is 6.63. The number of carbonyl (C=O) groups excluding carboxylic acids is 2. The first kappa shape index (κ1) is 26.9. The second-order valence-electron chi connectivity index (χ2n) is 7.95. The van der Waals surface area contributed by atoms with E-state index >= 15 is 0 Å². The Morgan fingerprint density at radius 3 is 1.94 bits per heavy atom. The van der Waals surface area contributed by atoms with Crippen molar-refractivity contribution in [2.45, 2.75) is 33.9 Å². The van der Waals surface area contributed by atoms with Crippen molar-refractivity contribution in [1.29, 1.82) is 0 Å². The Labute approximate surface area is 208 Å². The summed E-state index contributed by atoms with van der Waals surface area (Å²) >= 11 is 6.02. The van der Waals surface area contributed by atoms with E-state index in [0.717, 1.165) is 36.4 Å². The first-order chi connectivity index (χ1) is 16.7. The summed E-state index contributed by atoms with van der Waals surface area (Å²) in [6, 6.07) is 4.56. The van der Waals surface area contributed by atoms with Crippen molar-refractivity contribution in [1.82, 2.24) is 5.32 Å². The number of alkyl halides is 3. The van der Waals surface area contributed by atoms with Crippen molar-refractivity contribution in [2.24, 2.45) is 0 Å². The van der Waals surface area contributed by atoms with Gasteiger partial charge in [0.15, 0.2) is 0 Å². The molecule has 3 aromatic rings. The average molecular weight is 527 g/mol. The van der Waals surface area contributed by atoms with Crippen LogP contribution in [0.25, 0.3) is 0 Å². The molecule has 0 bridgehead atoms. The second-order valence-corrected chi connectivity index (χ2v) is 8.36. The Balaban J connectivity index is 1.87. The highest BCUT2D eigenvalue weighted by molar-refractivity contribution is 6.32. The highest BCUT2D eigenvalue weighted by atomic mass is 35.5. The molecule has 0 unspecified atom stereocenters. The van der Waals surface area contributed by atoms with Crippen LogP contribution in [0.2, 0.25) is 5.02 Å². The molecule has 0 saturated heterocycles. The topological polar surface area (TPSA) is 67.4 Å². The van der Waals surface area contributed by atoms with Crippen molar-refractivity contribution in [2.75, 3.05) is 5.32 Å². The normalized spacial score (nSPS) is 11.3. The van der Waals surface area contributed by atoms with Gasteiger partial charge in [-0.3, -0.25) is 10.1 Å². The molecule has 0 radical (unpaired) electrons. The molecule has 0 aromatic heterocycles. The lowest BCUT2D eigenvalue weighted by atomic mass is 9.97. The molecule has 0 aliphatic carbocycles. The molecular formula is C25H20ClF5N2O3. The van der Waals surface area contributed by atoms with Crippen molar-refractivity contribution in [3.63, 3.8) is 0 Å². The van der Waals surface area contributed by atoms with Gasteiger partial charge in [0.05, 0.1) is 10.6 Å². The van der Waals surface area contributed by atoms with Gasteiger partial charge in [-0.1, -0.05) is 17.7 Å². The Morgan fingerprint density at radius 1 is 0.889 bits per heavy atom. The fraction of sp³-hybridized carbons (Fsp3) is 0.200. The minimum Gasteiger partial charge on any atom is -0.455 e. The molecule has 3 aromatic carbocycles. The first-order valence-electron chi connectivity index (χ1n) is 10.4. The molecule has 0 aliphatic rings. The minimum absolute atomic E-state index is 0.00521. The van der Waals surface area contributed by atoms with Gasteiger partial charge in [0, 0.05) is 5.69 Å². The maximum absolute atomic E-state index is 13.8. The maximum atomic E-state index is 13.8. The molecule has 0 aliphatic heterocycles. The van der Waals surface area contributed by atoms with Crippen LogP contribution in [-0.4, -0.2) is 11.9 Å². The van der Waals surface area contributed by atoms with Gasteiger partial charge in [-0.2, -0.15) is 13.2 Å². The summed E-state index contributed by atoms with van der Waals surface area (Å²) < 4.78 is 72.3. The molecule has 3 amide bonds. The lowest BCUT2D eigenvalue weighted by molar-refractivity contribution is -0.137. The highest BCUT2D eigenvalue weighted by Crippen LogP contribution is 2.41. The van der Waals surface area contributed by atoms with E-state index in [1.807, 2.05) is 5.32 Å². The average Bonchev–Trinajstić information content (AvgIpc) is 2.78. The molecular weight excluding hydrogens is 507 g/mol. The third kappa shape index (κ3) is 5.43. The third-order valence-corrected chi connectivity index (χ3v) is 5.98. The molecule has 0 fully saturated rings. The molecule has 190 valence electrons. The predicted octanol–water partition coefficient (Wildman–Crippen LogP) is 7.62. The molecule has 3 rings (SSSR count). The van der Waals surface area contributed by atoms with Gasteiger partial charge in [0.1, 0.15) is 28.7 Å². The Kier molecular flexibility index (Phi) is 7.59. The van der Waals surface area contributed by atoms with Gasteiger partial charge < -0.3 is 10.1 Å². The quantitative estimate of drug-likeness (QED) is 0.343. The predicted molar refractivity (Wildman–Crippen MR) is 125 cm³/mol. The lowest BCUT2D eigenvalue weighted by Crippen LogP contribution is -2.35. The van der Waals surface area contributed by atoms with Gasteiger partial charge in [0.2, 0.25) is 0 Å². The summed E-state index contributed by atoms with van der Waals surface area (Å²) in [5, 5.41) is 4.16. The monoisotopic (exact) mass is 526 g/mol. The van der Waals surface area contributed by atoms with Crippen LogP contribution >= 0.6 is 11.6 Å². The van der Waals surface area contributed by atoms with Crippen molar-refractivity contribution in [3.8, 4) is 11.5 Å². The van der Waals surface area contributed by atoms with Crippen LogP contribution in [0.3, 0.4) is 0 Å². The number of benzene rings is 3. The molecule has 0 spiro atoms. The number of amides is 3. The van der Waals surface area contributed by atoms with E-state index in [1.54, 1.807) is 27.7 Å². The van der Waals surface area contributed by atoms with Crippen LogP contribution in [0.15, 0.2) is 36.4 Å². The van der Waals surface area contributed by atoms with Gasteiger partial charge in [-0.05, 0) is 80.3 Å². The fourth-order valence-electron chi connectivity index (χ4n) is 3.51. The zero-order valence-electron chi connectivity index (χ0n) is 19.5. The van der Waals surface area contributed by atoms with Gasteiger partial charge in [0.25, 0.3) is 5.91 Å². The van der Waals surface area contributed by atoms with Crippen LogP contribution in [-0.2, 0) is 6.18 Å². The van der Waals surface area contributed by atoms with Crippen molar-refractivity contribution >= 4 is 29.2 Å². The van der Waals surface area contributed by atoms with Crippen LogP contribution in [0.5, 0.6) is 11.5 Å². The first-order valence-corrected chi connectivity index (χ1v) is 10.8. The zero-order valence-corrected chi connectivity index (χ0v) is 20.2. The molecule has 0 heterocycles. The van der Waals surface area contributed by atoms with Crippen LogP contribution in [0.4, 0.5) is 32.4 Å². The van der Waals surface area contributed by atoms with Crippen LogP contribution in [0, 0.1) is 39.3 Å². The number of halogens is 6. The summed E-state index contributed by atoms with van der Waals surface area (Å²) in [5.74, 6) is -3.18. The largest absolute Gasteiger partial charge is 0.455 e. The molecule has 5 nitrogen and oxygen atoms in total. The number of carbonyl (C=O) groups is 2. The van der Waals surface area contributed by atoms with E-state index in [1.165, 1.54) is 0 Å². The second kappa shape index (κ2) is 10.1. The zero-order chi connectivity index (χ0) is 26.9. The Hall–Kier alpha value is -3.66. The number of anilines is 1. The molecule has 2 N–H and O–H groups in total. The number of hydrogen-bond donors (Lipinski definition) is 2. The number of ether oxygens (including phenoxy) is 1. The number of imide groups is 1. The molecule has 11 heteroatoms. The van der Waals surface area contributed by atoms with Gasteiger partial charge in [-0.15, -0.1) is 0 Å². The molecule has 0 atom stereocenters. The standard InChI is InChI=1S/C25H20ClF5N2O3/c1-11-13(3)22(36-19-9-8-15(10-16(19)26)25(29,30)31)14(4)12(2)21(11)32-24(35)33-23(34)20-17(27)6-5-7-18(20)28/h5-10H,1-4H3,(H2,32,33,34,35). The Morgan fingerprint density at radius 2 is 1.44 bits per heavy atom. The van der Waals surface area contributed by atoms with E-state index in [-0.39, 0.29) is 10.8 Å². The highest BCUT2D eigenvalue weighted by Gasteiger charge is 2.31. The number of nitrogens with one attached hydrogen (secondary N) is 2. The van der Waals surface area contributed by atoms with Crippen molar-refractivity contribution < 1.29 is 36.3 Å². The van der Waals surface area contributed by atoms with E-state index in [9.17, 15) is 31.5 Å². The van der Waals surface area contributed by atoms with Gasteiger partial charge >= 0.3 is 12.2 Å². The Bertz CT molecular complexity index is 1320. The summed E-state index contributed by atoms with van der Waals surface area (Å²) in [5.41, 5.74) is 0.620. The number of hydrogen-bond acceptors (Lipinski definition) is 3. The fourth-order valence-corrected chi connectivity index (χ4v) is 3.73. The number of urea groups is 1. The van der Waals surface area contributed by atoms with E-state index in [4.69, 9.17) is 16.3 Å². The van der Waals surface area contributed by atoms with Crippen molar-refractivity contribution in [3.05, 3.63) is 86.4 Å². The van der Waals surface area contributed by atoms with Crippen LogP contribution in [0.1, 0.15) is 38.2 Å². The third-order valence-electron chi connectivity index (χ3n) is 5.68. The smallest absolute Gasteiger partial charge is 0.416 e.